The summed E-state index contributed by atoms with van der Waals surface area (Å²) in [7, 11) is 0. The molecule has 0 aromatic heterocycles. The average Bonchev–Trinajstić information content (AvgIpc) is 2.36. The summed E-state index contributed by atoms with van der Waals surface area (Å²) in [5.41, 5.74) is -0.0912. The van der Waals surface area contributed by atoms with Gasteiger partial charge in [-0.15, -0.1) is 0 Å². The Morgan fingerprint density at radius 1 is 1.50 bits per heavy atom. The fourth-order valence-electron chi connectivity index (χ4n) is 2.51. The Balaban J connectivity index is 1.82. The predicted molar refractivity (Wildman–Crippen MR) is 45.7 cm³/mol. The molecule has 1 heterocycles. The van der Waals surface area contributed by atoms with E-state index in [1.165, 1.54) is 25.7 Å². The Labute approximate surface area is 73.3 Å². The molecule has 0 aromatic carbocycles. The summed E-state index contributed by atoms with van der Waals surface area (Å²) in [4.78, 5) is 10.7. The summed E-state index contributed by atoms with van der Waals surface area (Å²) in [5, 5.41) is 0. The summed E-state index contributed by atoms with van der Waals surface area (Å²) in [6, 6.07) is 0. The van der Waals surface area contributed by atoms with Gasteiger partial charge in [0.05, 0.1) is 6.42 Å². The van der Waals surface area contributed by atoms with Crippen molar-refractivity contribution in [1.82, 2.24) is 0 Å². The summed E-state index contributed by atoms with van der Waals surface area (Å²) in [6.07, 6.45) is 7.16. The maximum absolute atomic E-state index is 10.7. The SMILES string of the molecule is CC1(CC2CCCC2)CC(=O)O1. The van der Waals surface area contributed by atoms with Crippen LogP contribution in [0.3, 0.4) is 0 Å². The van der Waals surface area contributed by atoms with Gasteiger partial charge in [0.25, 0.3) is 0 Å². The van der Waals surface area contributed by atoms with Crippen LogP contribution in [0.25, 0.3) is 0 Å². The molecule has 1 unspecified atom stereocenters. The van der Waals surface area contributed by atoms with Crippen molar-refractivity contribution in [2.75, 3.05) is 0 Å². The van der Waals surface area contributed by atoms with Crippen LogP contribution >= 0.6 is 0 Å². The molecule has 2 heteroatoms. The second-order valence-electron chi connectivity index (χ2n) is 4.46. The zero-order valence-electron chi connectivity index (χ0n) is 7.64. The smallest absolute Gasteiger partial charge is 0.310 e. The molecule has 1 aliphatic carbocycles. The molecule has 1 aliphatic heterocycles. The van der Waals surface area contributed by atoms with E-state index in [0.717, 1.165) is 12.3 Å². The lowest BCUT2D eigenvalue weighted by Gasteiger charge is -2.39. The molecule has 2 nitrogen and oxygen atoms in total. The van der Waals surface area contributed by atoms with Crippen LogP contribution < -0.4 is 0 Å². The van der Waals surface area contributed by atoms with Gasteiger partial charge in [-0.1, -0.05) is 25.7 Å². The van der Waals surface area contributed by atoms with Crippen molar-refractivity contribution in [3.8, 4) is 0 Å². The minimum atomic E-state index is -0.0912. The molecule has 68 valence electrons. The largest absolute Gasteiger partial charge is 0.459 e. The first-order chi connectivity index (χ1) is 5.68. The molecular weight excluding hydrogens is 152 g/mol. The van der Waals surface area contributed by atoms with Crippen molar-refractivity contribution in [2.24, 2.45) is 5.92 Å². The standard InChI is InChI=1S/C10H16O2/c1-10(7-9(11)12-10)6-8-4-2-3-5-8/h8H,2-7H2,1H3. The summed E-state index contributed by atoms with van der Waals surface area (Å²) in [5.74, 6) is 0.804. The Morgan fingerprint density at radius 2 is 2.08 bits per heavy atom. The highest BCUT2D eigenvalue weighted by Gasteiger charge is 2.43. The first-order valence-corrected chi connectivity index (χ1v) is 4.90. The third-order valence-corrected chi connectivity index (χ3v) is 3.07. The van der Waals surface area contributed by atoms with Gasteiger partial charge in [-0.05, 0) is 19.3 Å². The molecule has 0 spiro atoms. The topological polar surface area (TPSA) is 26.3 Å². The molecular formula is C10H16O2. The second-order valence-corrected chi connectivity index (χ2v) is 4.46. The molecule has 0 N–H and O–H groups in total. The van der Waals surface area contributed by atoms with Gasteiger partial charge in [-0.2, -0.15) is 0 Å². The van der Waals surface area contributed by atoms with Crippen molar-refractivity contribution in [3.63, 3.8) is 0 Å². The van der Waals surface area contributed by atoms with Crippen molar-refractivity contribution in [2.45, 2.75) is 51.0 Å². The zero-order valence-corrected chi connectivity index (χ0v) is 7.64. The quantitative estimate of drug-likeness (QED) is 0.591. The Kier molecular flexibility index (Phi) is 1.85. The Bertz CT molecular complexity index is 184. The number of hydrogen-bond acceptors (Lipinski definition) is 2. The number of cyclic esters (lactones) is 1. The highest BCUT2D eigenvalue weighted by atomic mass is 16.6. The molecule has 12 heavy (non-hydrogen) atoms. The highest BCUT2D eigenvalue weighted by Crippen LogP contribution is 2.39. The molecule has 0 aromatic rings. The minimum Gasteiger partial charge on any atom is -0.459 e. The third-order valence-electron chi connectivity index (χ3n) is 3.07. The zero-order chi connectivity index (χ0) is 8.60. The lowest BCUT2D eigenvalue weighted by Crippen LogP contribution is -2.46. The molecule has 1 saturated carbocycles. The van der Waals surface area contributed by atoms with E-state index in [1.54, 1.807) is 0 Å². The molecule has 0 amide bonds. The number of rotatable bonds is 2. The van der Waals surface area contributed by atoms with E-state index >= 15 is 0 Å². The number of esters is 1. The van der Waals surface area contributed by atoms with E-state index in [4.69, 9.17) is 4.74 Å². The van der Waals surface area contributed by atoms with E-state index < -0.39 is 0 Å². The van der Waals surface area contributed by atoms with Crippen LogP contribution in [0.5, 0.6) is 0 Å². The second kappa shape index (κ2) is 2.75. The molecule has 2 aliphatic rings. The molecule has 0 radical (unpaired) electrons. The van der Waals surface area contributed by atoms with Gasteiger partial charge in [0.2, 0.25) is 0 Å². The fraction of sp³-hybridized carbons (Fsp3) is 0.900. The number of hydrogen-bond donors (Lipinski definition) is 0. The van der Waals surface area contributed by atoms with E-state index in [-0.39, 0.29) is 11.6 Å². The fourth-order valence-corrected chi connectivity index (χ4v) is 2.51. The lowest BCUT2D eigenvalue weighted by molar-refractivity contribution is -0.190. The first-order valence-electron chi connectivity index (χ1n) is 4.90. The van der Waals surface area contributed by atoms with E-state index in [0.29, 0.717) is 6.42 Å². The van der Waals surface area contributed by atoms with Gasteiger partial charge in [0.15, 0.2) is 0 Å². The van der Waals surface area contributed by atoms with Crippen LogP contribution in [0.1, 0.15) is 45.4 Å². The summed E-state index contributed by atoms with van der Waals surface area (Å²) in [6.45, 7) is 2.06. The van der Waals surface area contributed by atoms with Gasteiger partial charge < -0.3 is 4.74 Å². The van der Waals surface area contributed by atoms with Crippen LogP contribution in [-0.2, 0) is 9.53 Å². The maximum atomic E-state index is 10.7. The van der Waals surface area contributed by atoms with Crippen LogP contribution in [0.4, 0.5) is 0 Å². The molecule has 2 fully saturated rings. The number of ether oxygens (including phenoxy) is 1. The molecule has 1 atom stereocenters. The molecule has 2 rings (SSSR count). The maximum Gasteiger partial charge on any atom is 0.310 e. The van der Waals surface area contributed by atoms with Crippen LogP contribution in [-0.4, -0.2) is 11.6 Å². The normalized spacial score (nSPS) is 36.2. The van der Waals surface area contributed by atoms with E-state index in [9.17, 15) is 4.79 Å². The van der Waals surface area contributed by atoms with E-state index in [2.05, 4.69) is 6.92 Å². The number of carbonyl (C=O) groups excluding carboxylic acids is 1. The first kappa shape index (κ1) is 8.09. The Hall–Kier alpha value is -0.530. The number of carbonyl (C=O) groups is 1. The van der Waals surface area contributed by atoms with Crippen molar-refractivity contribution in [3.05, 3.63) is 0 Å². The van der Waals surface area contributed by atoms with Gasteiger partial charge in [0.1, 0.15) is 5.60 Å². The van der Waals surface area contributed by atoms with Gasteiger partial charge in [-0.3, -0.25) is 4.79 Å². The van der Waals surface area contributed by atoms with Crippen LogP contribution in [0.2, 0.25) is 0 Å². The van der Waals surface area contributed by atoms with Crippen molar-refractivity contribution in [1.29, 1.82) is 0 Å². The van der Waals surface area contributed by atoms with E-state index in [1.807, 2.05) is 0 Å². The van der Waals surface area contributed by atoms with Crippen molar-refractivity contribution < 1.29 is 9.53 Å². The van der Waals surface area contributed by atoms with Gasteiger partial charge in [-0.25, -0.2) is 0 Å². The lowest BCUT2D eigenvalue weighted by atomic mass is 9.85. The molecule has 1 saturated heterocycles. The summed E-state index contributed by atoms with van der Waals surface area (Å²) < 4.78 is 5.15. The van der Waals surface area contributed by atoms with Crippen molar-refractivity contribution >= 4 is 5.97 Å². The highest BCUT2D eigenvalue weighted by molar-refractivity contribution is 5.76. The Morgan fingerprint density at radius 3 is 2.58 bits per heavy atom. The monoisotopic (exact) mass is 168 g/mol. The van der Waals surface area contributed by atoms with Gasteiger partial charge >= 0.3 is 5.97 Å². The average molecular weight is 168 g/mol. The van der Waals surface area contributed by atoms with Gasteiger partial charge in [0, 0.05) is 0 Å². The third kappa shape index (κ3) is 1.47. The molecule has 0 bridgehead atoms. The van der Waals surface area contributed by atoms with Crippen LogP contribution in [0.15, 0.2) is 0 Å². The summed E-state index contributed by atoms with van der Waals surface area (Å²) >= 11 is 0. The van der Waals surface area contributed by atoms with Crippen LogP contribution in [0, 0.1) is 5.92 Å². The predicted octanol–water partition coefficient (Wildman–Crippen LogP) is 2.27. The minimum absolute atomic E-state index is 0.0181.